The average molecular weight is 280 g/mol. The molecule has 0 aliphatic carbocycles. The monoisotopic (exact) mass is 280 g/mol. The van der Waals surface area contributed by atoms with Gasteiger partial charge in [0.25, 0.3) is 5.56 Å². The van der Waals surface area contributed by atoms with Gasteiger partial charge < -0.3 is 10.2 Å². The Labute approximate surface area is 122 Å². The molecular weight excluding hydrogens is 252 g/mol. The van der Waals surface area contributed by atoms with Crippen molar-refractivity contribution in [2.75, 3.05) is 25.5 Å². The van der Waals surface area contributed by atoms with E-state index in [4.69, 9.17) is 0 Å². The van der Waals surface area contributed by atoms with E-state index >= 15 is 0 Å². The van der Waals surface area contributed by atoms with E-state index in [1.54, 1.807) is 16.9 Å². The maximum Gasteiger partial charge on any atom is 0.268 e. The van der Waals surface area contributed by atoms with Crippen LogP contribution in [0.1, 0.15) is 39.5 Å². The summed E-state index contributed by atoms with van der Waals surface area (Å²) in [5.74, 6) is 0. The quantitative estimate of drug-likeness (QED) is 0.702. The number of aromatic nitrogens is 2. The topological polar surface area (TPSA) is 50.2 Å². The lowest BCUT2D eigenvalue weighted by atomic mass is 10.1. The normalized spacial score (nSPS) is 12.4. The number of nitrogens with one attached hydrogen (secondary N) is 1. The van der Waals surface area contributed by atoms with E-state index < -0.39 is 0 Å². The number of anilines is 1. The van der Waals surface area contributed by atoms with Crippen LogP contribution < -0.4 is 15.8 Å². The highest BCUT2D eigenvalue weighted by molar-refractivity contribution is 5.40. The van der Waals surface area contributed by atoms with E-state index in [2.05, 4.69) is 24.3 Å². The smallest absolute Gasteiger partial charge is 0.268 e. The Kier molecular flexibility index (Phi) is 7.30. The number of nitrogens with zero attached hydrogens (tertiary/aromatic N) is 3. The average Bonchev–Trinajstić information content (AvgIpc) is 2.42. The molecule has 1 aromatic heterocycles. The Bertz CT molecular complexity index is 442. The molecule has 0 aliphatic heterocycles. The van der Waals surface area contributed by atoms with Crippen LogP contribution in [0.3, 0.4) is 0 Å². The van der Waals surface area contributed by atoms with E-state index in [1.165, 1.54) is 6.42 Å². The van der Waals surface area contributed by atoms with Crippen molar-refractivity contribution in [1.29, 1.82) is 0 Å². The van der Waals surface area contributed by atoms with Gasteiger partial charge in [0.2, 0.25) is 0 Å². The first kappa shape index (κ1) is 16.7. The molecule has 1 heterocycles. The van der Waals surface area contributed by atoms with Crippen LogP contribution in [0.4, 0.5) is 5.69 Å². The first-order chi connectivity index (χ1) is 9.54. The molecule has 1 rings (SSSR count). The van der Waals surface area contributed by atoms with Crippen molar-refractivity contribution in [3.8, 4) is 0 Å². The Morgan fingerprint density at radius 2 is 2.15 bits per heavy atom. The lowest BCUT2D eigenvalue weighted by molar-refractivity contribution is 0.460. The van der Waals surface area contributed by atoms with Crippen LogP contribution in [0.5, 0.6) is 0 Å². The van der Waals surface area contributed by atoms with Gasteiger partial charge in [-0.25, -0.2) is 4.68 Å². The summed E-state index contributed by atoms with van der Waals surface area (Å²) < 4.78 is 1.55. The molecular formula is C15H28N4O. The summed E-state index contributed by atoms with van der Waals surface area (Å²) in [6, 6.07) is 2.19. The van der Waals surface area contributed by atoms with Crippen LogP contribution in [0, 0.1) is 0 Å². The van der Waals surface area contributed by atoms with E-state index in [0.717, 1.165) is 31.5 Å². The summed E-state index contributed by atoms with van der Waals surface area (Å²) in [5.41, 5.74) is 0.831. The summed E-state index contributed by atoms with van der Waals surface area (Å²) in [4.78, 5) is 13.8. The number of unbranched alkanes of at least 4 members (excludes halogenated alkanes) is 1. The maximum atomic E-state index is 11.9. The summed E-state index contributed by atoms with van der Waals surface area (Å²) >= 11 is 0. The van der Waals surface area contributed by atoms with Crippen molar-refractivity contribution in [3.05, 3.63) is 22.6 Å². The molecule has 20 heavy (non-hydrogen) atoms. The third-order valence-corrected chi connectivity index (χ3v) is 3.37. The van der Waals surface area contributed by atoms with Gasteiger partial charge in [0.15, 0.2) is 0 Å². The van der Waals surface area contributed by atoms with Crippen LogP contribution >= 0.6 is 0 Å². The predicted octanol–water partition coefficient (Wildman–Crippen LogP) is 1.87. The van der Waals surface area contributed by atoms with Crippen molar-refractivity contribution in [2.45, 2.75) is 52.1 Å². The minimum absolute atomic E-state index is 0.0200. The Morgan fingerprint density at radius 1 is 1.40 bits per heavy atom. The van der Waals surface area contributed by atoms with E-state index in [0.29, 0.717) is 12.6 Å². The second-order valence-electron chi connectivity index (χ2n) is 5.52. The highest BCUT2D eigenvalue weighted by Crippen LogP contribution is 2.05. The zero-order valence-electron chi connectivity index (χ0n) is 13.2. The molecule has 114 valence electrons. The highest BCUT2D eigenvalue weighted by atomic mass is 16.1. The standard InChI is InChI=1S/C15H28N4O/c1-5-9-16-13(2)8-6-7-10-19-15(20)11-14(12-17-19)18(3)4/h11-13,16H,5-10H2,1-4H3. The second-order valence-corrected chi connectivity index (χ2v) is 5.52. The number of rotatable bonds is 9. The third kappa shape index (κ3) is 5.74. The molecule has 0 bridgehead atoms. The fraction of sp³-hybridized carbons (Fsp3) is 0.733. The number of hydrogen-bond donors (Lipinski definition) is 1. The van der Waals surface area contributed by atoms with Crippen molar-refractivity contribution in [2.24, 2.45) is 0 Å². The van der Waals surface area contributed by atoms with Crippen molar-refractivity contribution >= 4 is 5.69 Å². The Balaban J connectivity index is 2.34. The minimum atomic E-state index is -0.0200. The van der Waals surface area contributed by atoms with Gasteiger partial charge in [-0.15, -0.1) is 0 Å². The van der Waals surface area contributed by atoms with Gasteiger partial charge in [0, 0.05) is 32.7 Å². The Morgan fingerprint density at radius 3 is 2.75 bits per heavy atom. The van der Waals surface area contributed by atoms with E-state index in [9.17, 15) is 4.79 Å². The van der Waals surface area contributed by atoms with Crippen LogP contribution in [-0.4, -0.2) is 36.5 Å². The summed E-state index contributed by atoms with van der Waals surface area (Å²) in [7, 11) is 3.82. The van der Waals surface area contributed by atoms with E-state index in [-0.39, 0.29) is 5.56 Å². The fourth-order valence-corrected chi connectivity index (χ4v) is 2.04. The zero-order valence-corrected chi connectivity index (χ0v) is 13.2. The van der Waals surface area contributed by atoms with Gasteiger partial charge in [-0.1, -0.05) is 13.3 Å². The number of hydrogen-bond acceptors (Lipinski definition) is 4. The lowest BCUT2D eigenvalue weighted by Crippen LogP contribution is -2.27. The van der Waals surface area contributed by atoms with E-state index in [1.807, 2.05) is 19.0 Å². The van der Waals surface area contributed by atoms with Crippen LogP contribution in [-0.2, 0) is 6.54 Å². The SMILES string of the molecule is CCCNC(C)CCCCn1ncc(N(C)C)cc1=O. The second kappa shape index (κ2) is 8.74. The minimum Gasteiger partial charge on any atom is -0.376 e. The zero-order chi connectivity index (χ0) is 15.0. The molecule has 0 spiro atoms. The molecule has 1 unspecified atom stereocenters. The molecule has 0 aliphatic rings. The van der Waals surface area contributed by atoms with Crippen molar-refractivity contribution < 1.29 is 0 Å². The molecule has 0 radical (unpaired) electrons. The van der Waals surface area contributed by atoms with Gasteiger partial charge in [-0.05, 0) is 32.7 Å². The molecule has 1 atom stereocenters. The Hall–Kier alpha value is -1.36. The lowest BCUT2D eigenvalue weighted by Gasteiger charge is -2.14. The molecule has 1 N–H and O–H groups in total. The largest absolute Gasteiger partial charge is 0.376 e. The molecule has 0 aromatic carbocycles. The number of aryl methyl sites for hydroxylation is 1. The summed E-state index contributed by atoms with van der Waals surface area (Å²) in [6.07, 6.45) is 6.16. The van der Waals surface area contributed by atoms with Crippen LogP contribution in [0.25, 0.3) is 0 Å². The van der Waals surface area contributed by atoms with Crippen LogP contribution in [0.15, 0.2) is 17.1 Å². The molecule has 0 fully saturated rings. The van der Waals surface area contributed by atoms with Gasteiger partial charge in [0.1, 0.15) is 0 Å². The molecule has 5 nitrogen and oxygen atoms in total. The van der Waals surface area contributed by atoms with Crippen molar-refractivity contribution in [3.63, 3.8) is 0 Å². The molecule has 1 aromatic rings. The fourth-order valence-electron chi connectivity index (χ4n) is 2.04. The molecule has 0 saturated heterocycles. The first-order valence-corrected chi connectivity index (χ1v) is 7.52. The van der Waals surface area contributed by atoms with Gasteiger partial charge >= 0.3 is 0 Å². The first-order valence-electron chi connectivity index (χ1n) is 7.52. The molecule has 0 amide bonds. The van der Waals surface area contributed by atoms with Gasteiger partial charge in [0.05, 0.1) is 11.9 Å². The summed E-state index contributed by atoms with van der Waals surface area (Å²) in [5, 5.41) is 7.69. The van der Waals surface area contributed by atoms with Gasteiger partial charge in [-0.2, -0.15) is 5.10 Å². The molecule has 5 heteroatoms. The van der Waals surface area contributed by atoms with Crippen LogP contribution in [0.2, 0.25) is 0 Å². The maximum absolute atomic E-state index is 11.9. The summed E-state index contributed by atoms with van der Waals surface area (Å²) in [6.45, 7) is 6.17. The third-order valence-electron chi connectivity index (χ3n) is 3.37. The predicted molar refractivity (Wildman–Crippen MR) is 84.4 cm³/mol. The molecule has 0 saturated carbocycles. The highest BCUT2D eigenvalue weighted by Gasteiger charge is 2.03. The van der Waals surface area contributed by atoms with Crippen molar-refractivity contribution in [1.82, 2.24) is 15.1 Å². The van der Waals surface area contributed by atoms with Gasteiger partial charge in [-0.3, -0.25) is 4.79 Å².